The maximum Gasteiger partial charge on any atom is 0.390 e. The second-order valence-corrected chi connectivity index (χ2v) is 4.72. The summed E-state index contributed by atoms with van der Waals surface area (Å²) in [5.41, 5.74) is 1.13. The molecule has 0 spiro atoms. The number of hydrogen-bond donors (Lipinski definition) is 1. The van der Waals surface area contributed by atoms with E-state index in [9.17, 15) is 9.59 Å². The molecule has 0 unspecified atom stereocenters. The van der Waals surface area contributed by atoms with Gasteiger partial charge in [-0.05, 0) is 23.1 Å². The van der Waals surface area contributed by atoms with E-state index in [1.54, 1.807) is 18.1 Å². The van der Waals surface area contributed by atoms with Crippen LogP contribution in [-0.2, 0) is 15.0 Å². The molecule has 0 aliphatic rings. The highest BCUT2D eigenvalue weighted by Crippen LogP contribution is 2.24. The first-order chi connectivity index (χ1) is 8.29. The van der Waals surface area contributed by atoms with Crippen LogP contribution in [0.4, 0.5) is 0 Å². The maximum atomic E-state index is 11.1. The van der Waals surface area contributed by atoms with E-state index in [-0.39, 0.29) is 5.41 Å². The minimum atomic E-state index is -1.37. The largest absolute Gasteiger partial charge is 0.472 e. The molecule has 0 radical (unpaired) electrons. The van der Waals surface area contributed by atoms with Gasteiger partial charge in [0, 0.05) is 11.8 Å². The number of carboxylic acid groups (broad SMARTS) is 1. The van der Waals surface area contributed by atoms with Gasteiger partial charge in [0.25, 0.3) is 0 Å². The Morgan fingerprint density at radius 3 is 2.11 bits per heavy atom. The molecule has 0 aliphatic carbocycles. The zero-order valence-corrected chi connectivity index (χ0v) is 10.5. The first-order valence-corrected chi connectivity index (χ1v) is 5.36. The Morgan fingerprint density at radius 1 is 1.11 bits per heavy atom. The number of aliphatic carboxylic acids is 1. The lowest BCUT2D eigenvalue weighted by atomic mass is 9.87. The molecule has 18 heavy (non-hydrogen) atoms. The molecule has 0 saturated carbocycles. The highest BCUT2D eigenvalue weighted by molar-refractivity contribution is 5.98. The van der Waals surface area contributed by atoms with Crippen LogP contribution in [0.3, 0.4) is 0 Å². The zero-order valence-electron chi connectivity index (χ0n) is 10.5. The molecular formula is C14H14O4. The van der Waals surface area contributed by atoms with E-state index in [1.807, 2.05) is 18.1 Å². The summed E-state index contributed by atoms with van der Waals surface area (Å²) in [5.74, 6) is 1.64. The molecule has 0 aliphatic heterocycles. The summed E-state index contributed by atoms with van der Waals surface area (Å²) >= 11 is 0. The third-order valence-electron chi connectivity index (χ3n) is 2.20. The van der Waals surface area contributed by atoms with Crippen LogP contribution in [-0.4, -0.2) is 17.0 Å². The quantitative estimate of drug-likeness (QED) is 0.356. The molecule has 1 aromatic rings. The van der Waals surface area contributed by atoms with Gasteiger partial charge in [-0.3, -0.25) is 0 Å². The van der Waals surface area contributed by atoms with Crippen molar-refractivity contribution in [1.82, 2.24) is 0 Å². The lowest BCUT2D eigenvalue weighted by Crippen LogP contribution is -2.11. The SMILES string of the molecule is CC(C)(C)c1ccc(OC(=O)C#CC(=O)O)cc1. The number of benzene rings is 1. The first-order valence-electron chi connectivity index (χ1n) is 5.36. The normalized spacial score (nSPS) is 10.2. The Hall–Kier alpha value is -2.28. The van der Waals surface area contributed by atoms with Gasteiger partial charge in [-0.2, -0.15) is 0 Å². The number of esters is 1. The molecule has 1 rings (SSSR count). The van der Waals surface area contributed by atoms with Crippen molar-refractivity contribution < 1.29 is 19.4 Å². The lowest BCUT2D eigenvalue weighted by molar-refractivity contribution is -0.131. The Labute approximate surface area is 106 Å². The predicted molar refractivity (Wildman–Crippen MR) is 66.2 cm³/mol. The second kappa shape index (κ2) is 5.37. The summed E-state index contributed by atoms with van der Waals surface area (Å²) in [6.45, 7) is 6.23. The van der Waals surface area contributed by atoms with Gasteiger partial charge in [-0.1, -0.05) is 32.9 Å². The van der Waals surface area contributed by atoms with Gasteiger partial charge in [0.1, 0.15) is 5.75 Å². The van der Waals surface area contributed by atoms with Gasteiger partial charge in [0.05, 0.1) is 0 Å². The summed E-state index contributed by atoms with van der Waals surface area (Å²) < 4.78 is 4.86. The first kappa shape index (κ1) is 13.8. The Kier molecular flexibility index (Phi) is 4.11. The van der Waals surface area contributed by atoms with Crippen LogP contribution in [0.1, 0.15) is 26.3 Å². The van der Waals surface area contributed by atoms with E-state index in [0.717, 1.165) is 5.56 Å². The minimum absolute atomic E-state index is 0.0195. The molecule has 0 bridgehead atoms. The third-order valence-corrected chi connectivity index (χ3v) is 2.20. The fourth-order valence-electron chi connectivity index (χ4n) is 1.26. The summed E-state index contributed by atoms with van der Waals surface area (Å²) in [5, 5.41) is 8.27. The Bertz CT molecular complexity index is 509. The van der Waals surface area contributed by atoms with Gasteiger partial charge in [0.2, 0.25) is 0 Å². The monoisotopic (exact) mass is 246 g/mol. The number of carbonyl (C=O) groups excluding carboxylic acids is 1. The number of carbonyl (C=O) groups is 2. The maximum absolute atomic E-state index is 11.1. The molecule has 1 aromatic carbocycles. The average Bonchev–Trinajstić information content (AvgIpc) is 2.26. The van der Waals surface area contributed by atoms with Gasteiger partial charge in [0.15, 0.2) is 0 Å². The second-order valence-electron chi connectivity index (χ2n) is 4.72. The van der Waals surface area contributed by atoms with Crippen LogP contribution >= 0.6 is 0 Å². The van der Waals surface area contributed by atoms with E-state index in [2.05, 4.69) is 20.8 Å². The van der Waals surface area contributed by atoms with Gasteiger partial charge in [-0.25, -0.2) is 9.59 Å². The molecule has 1 N–H and O–H groups in total. The Balaban J connectivity index is 2.74. The van der Waals surface area contributed by atoms with Crippen LogP contribution < -0.4 is 4.74 Å². The smallest absolute Gasteiger partial charge is 0.390 e. The molecular weight excluding hydrogens is 232 g/mol. The van der Waals surface area contributed by atoms with E-state index >= 15 is 0 Å². The van der Waals surface area contributed by atoms with E-state index in [4.69, 9.17) is 9.84 Å². The third kappa shape index (κ3) is 4.30. The average molecular weight is 246 g/mol. The fraction of sp³-hybridized carbons (Fsp3) is 0.286. The molecule has 0 saturated heterocycles. The summed E-state index contributed by atoms with van der Waals surface area (Å²) in [4.78, 5) is 21.3. The number of ether oxygens (including phenoxy) is 1. The van der Waals surface area contributed by atoms with Gasteiger partial charge < -0.3 is 9.84 Å². The molecule has 94 valence electrons. The molecule has 0 fully saturated rings. The van der Waals surface area contributed by atoms with Crippen molar-refractivity contribution in [3.63, 3.8) is 0 Å². The predicted octanol–water partition coefficient (Wildman–Crippen LogP) is 1.98. The van der Waals surface area contributed by atoms with Gasteiger partial charge in [-0.15, -0.1) is 0 Å². The van der Waals surface area contributed by atoms with E-state index < -0.39 is 11.9 Å². The van der Waals surface area contributed by atoms with Gasteiger partial charge >= 0.3 is 11.9 Å². The van der Waals surface area contributed by atoms with Crippen molar-refractivity contribution in [3.8, 4) is 17.6 Å². The molecule has 0 heterocycles. The zero-order chi connectivity index (χ0) is 13.8. The summed E-state index contributed by atoms with van der Waals surface area (Å²) in [7, 11) is 0. The highest BCUT2D eigenvalue weighted by atomic mass is 16.5. The van der Waals surface area contributed by atoms with Crippen LogP contribution in [0.2, 0.25) is 0 Å². The van der Waals surface area contributed by atoms with Crippen molar-refractivity contribution in [2.45, 2.75) is 26.2 Å². The number of hydrogen-bond acceptors (Lipinski definition) is 3. The number of rotatable bonds is 1. The van der Waals surface area contributed by atoms with Crippen molar-refractivity contribution in [2.24, 2.45) is 0 Å². The summed E-state index contributed by atoms with van der Waals surface area (Å²) in [6, 6.07) is 7.02. The minimum Gasteiger partial charge on any atom is -0.472 e. The van der Waals surface area contributed by atoms with Crippen molar-refractivity contribution >= 4 is 11.9 Å². The Morgan fingerprint density at radius 2 is 1.67 bits per heavy atom. The molecule has 4 nitrogen and oxygen atoms in total. The molecule has 0 atom stereocenters. The van der Waals surface area contributed by atoms with Crippen molar-refractivity contribution in [1.29, 1.82) is 0 Å². The lowest BCUT2D eigenvalue weighted by Gasteiger charge is -2.18. The molecule has 0 amide bonds. The van der Waals surface area contributed by atoms with Crippen LogP contribution in [0.15, 0.2) is 24.3 Å². The summed E-state index contributed by atoms with van der Waals surface area (Å²) in [6.07, 6.45) is 0. The van der Waals surface area contributed by atoms with Crippen molar-refractivity contribution in [2.75, 3.05) is 0 Å². The standard InChI is InChI=1S/C14H14O4/c1-14(2,3)10-4-6-11(7-5-10)18-13(17)9-8-12(15)16/h4-7H,1-3H3,(H,15,16). The molecule has 4 heteroatoms. The molecule has 0 aromatic heterocycles. The number of carboxylic acids is 1. The highest BCUT2D eigenvalue weighted by Gasteiger charge is 2.13. The van der Waals surface area contributed by atoms with Crippen molar-refractivity contribution in [3.05, 3.63) is 29.8 Å². The van der Waals surface area contributed by atoms with Crippen LogP contribution in [0, 0.1) is 11.8 Å². The van der Waals surface area contributed by atoms with E-state index in [1.165, 1.54) is 0 Å². The van der Waals surface area contributed by atoms with Crippen LogP contribution in [0.25, 0.3) is 0 Å². The topological polar surface area (TPSA) is 63.6 Å². The van der Waals surface area contributed by atoms with Crippen LogP contribution in [0.5, 0.6) is 5.75 Å². The van der Waals surface area contributed by atoms with E-state index in [0.29, 0.717) is 5.75 Å². The fourth-order valence-corrected chi connectivity index (χ4v) is 1.26.